The summed E-state index contributed by atoms with van der Waals surface area (Å²) in [6, 6.07) is 7.81. The van der Waals surface area contributed by atoms with E-state index in [1.807, 2.05) is 38.4 Å². The molecule has 0 heterocycles. The van der Waals surface area contributed by atoms with E-state index in [0.29, 0.717) is 13.2 Å². The van der Waals surface area contributed by atoms with Crippen LogP contribution in [-0.4, -0.2) is 43.6 Å². The summed E-state index contributed by atoms with van der Waals surface area (Å²) in [5, 5.41) is 2.97. The Morgan fingerprint density at radius 3 is 2.68 bits per heavy atom. The molecule has 22 heavy (non-hydrogen) atoms. The number of carbonyl (C=O) groups excluding carboxylic acids is 1. The Balaban J connectivity index is 1.90. The summed E-state index contributed by atoms with van der Waals surface area (Å²) in [5.41, 5.74) is 6.47. The Morgan fingerprint density at radius 2 is 2.00 bits per heavy atom. The van der Waals surface area contributed by atoms with Crippen molar-refractivity contribution in [2.75, 3.05) is 27.2 Å². The highest BCUT2D eigenvalue weighted by Crippen LogP contribution is 2.27. The fourth-order valence-electron chi connectivity index (χ4n) is 2.71. The third-order valence-electron chi connectivity index (χ3n) is 4.16. The summed E-state index contributed by atoms with van der Waals surface area (Å²) in [7, 11) is 4.02. The van der Waals surface area contributed by atoms with Crippen molar-refractivity contribution in [3.05, 3.63) is 29.8 Å². The van der Waals surface area contributed by atoms with Crippen LogP contribution in [0, 0.1) is 0 Å². The molecule has 1 aliphatic rings. The van der Waals surface area contributed by atoms with Crippen molar-refractivity contribution in [1.29, 1.82) is 0 Å². The van der Waals surface area contributed by atoms with Crippen molar-refractivity contribution in [2.45, 2.75) is 37.8 Å². The van der Waals surface area contributed by atoms with Crippen LogP contribution in [0.5, 0.6) is 5.75 Å². The zero-order chi connectivity index (χ0) is 16.0. The van der Waals surface area contributed by atoms with E-state index in [2.05, 4.69) is 10.2 Å². The molecular formula is C17H27N3O2. The second-order valence-corrected chi connectivity index (χ2v) is 6.31. The zero-order valence-electron chi connectivity index (χ0n) is 13.6. The van der Waals surface area contributed by atoms with Crippen LogP contribution in [0.2, 0.25) is 0 Å². The highest BCUT2D eigenvalue weighted by atomic mass is 16.5. The molecule has 0 aliphatic heterocycles. The number of hydrogen-bond acceptors (Lipinski definition) is 4. The van der Waals surface area contributed by atoms with E-state index in [0.717, 1.165) is 43.5 Å². The number of carbonyl (C=O) groups is 1. The molecule has 1 fully saturated rings. The van der Waals surface area contributed by atoms with E-state index in [1.165, 1.54) is 0 Å². The average Bonchev–Trinajstić information content (AvgIpc) is 2.93. The fourth-order valence-corrected chi connectivity index (χ4v) is 2.71. The minimum absolute atomic E-state index is 0.0481. The lowest BCUT2D eigenvalue weighted by atomic mass is 9.98. The number of likely N-dealkylation sites (N-methyl/N-ethyl adjacent to an activating group) is 1. The van der Waals surface area contributed by atoms with Gasteiger partial charge in [0.15, 0.2) is 0 Å². The highest BCUT2D eigenvalue weighted by molar-refractivity contribution is 5.86. The predicted octanol–water partition coefficient (Wildman–Crippen LogP) is 1.51. The lowest BCUT2D eigenvalue weighted by Gasteiger charge is -2.22. The lowest BCUT2D eigenvalue weighted by molar-refractivity contribution is -0.126. The Labute approximate surface area is 132 Å². The molecule has 0 spiro atoms. The first-order valence-corrected chi connectivity index (χ1v) is 7.94. The average molecular weight is 305 g/mol. The molecule has 2 rings (SSSR count). The van der Waals surface area contributed by atoms with Gasteiger partial charge in [-0.15, -0.1) is 0 Å². The van der Waals surface area contributed by atoms with Gasteiger partial charge in [-0.05, 0) is 33.0 Å². The van der Waals surface area contributed by atoms with Crippen molar-refractivity contribution in [3.8, 4) is 5.75 Å². The molecule has 1 amide bonds. The monoisotopic (exact) mass is 305 g/mol. The fraction of sp³-hybridized carbons (Fsp3) is 0.588. The molecule has 1 aromatic rings. The van der Waals surface area contributed by atoms with Crippen molar-refractivity contribution in [1.82, 2.24) is 10.2 Å². The maximum absolute atomic E-state index is 12.3. The Morgan fingerprint density at radius 1 is 1.32 bits per heavy atom. The molecule has 0 bridgehead atoms. The van der Waals surface area contributed by atoms with Crippen LogP contribution in [0.3, 0.4) is 0 Å². The van der Waals surface area contributed by atoms with E-state index < -0.39 is 5.54 Å². The third-order valence-corrected chi connectivity index (χ3v) is 4.16. The molecule has 1 saturated carbocycles. The molecule has 1 aromatic carbocycles. The number of hydrogen-bond donors (Lipinski definition) is 2. The molecule has 0 saturated heterocycles. The molecule has 0 atom stereocenters. The number of ether oxygens (including phenoxy) is 1. The number of nitrogens with two attached hydrogens (primary N) is 1. The smallest absolute Gasteiger partial charge is 0.240 e. The van der Waals surface area contributed by atoms with Crippen LogP contribution in [0.4, 0.5) is 0 Å². The van der Waals surface area contributed by atoms with Crippen molar-refractivity contribution < 1.29 is 9.53 Å². The number of para-hydroxylation sites is 1. The molecule has 0 radical (unpaired) electrons. The first-order chi connectivity index (χ1) is 10.5. The van der Waals surface area contributed by atoms with Gasteiger partial charge in [-0.1, -0.05) is 31.0 Å². The topological polar surface area (TPSA) is 67.6 Å². The zero-order valence-corrected chi connectivity index (χ0v) is 13.6. The molecule has 0 aromatic heterocycles. The van der Waals surface area contributed by atoms with Crippen molar-refractivity contribution >= 4 is 5.91 Å². The summed E-state index contributed by atoms with van der Waals surface area (Å²) in [5.74, 6) is 0.773. The molecule has 5 nitrogen and oxygen atoms in total. The van der Waals surface area contributed by atoms with E-state index in [4.69, 9.17) is 10.5 Å². The maximum atomic E-state index is 12.3. The second kappa shape index (κ2) is 7.61. The summed E-state index contributed by atoms with van der Waals surface area (Å²) < 4.78 is 5.81. The molecule has 1 aliphatic carbocycles. The second-order valence-electron chi connectivity index (χ2n) is 6.31. The van der Waals surface area contributed by atoms with Crippen LogP contribution >= 0.6 is 0 Å². The molecule has 122 valence electrons. The Bertz CT molecular complexity index is 496. The van der Waals surface area contributed by atoms with E-state index in [1.54, 1.807) is 0 Å². The van der Waals surface area contributed by atoms with E-state index in [-0.39, 0.29) is 5.91 Å². The van der Waals surface area contributed by atoms with Gasteiger partial charge in [0.1, 0.15) is 12.4 Å². The Kier molecular flexibility index (Phi) is 5.80. The quantitative estimate of drug-likeness (QED) is 0.801. The molecule has 0 unspecified atom stereocenters. The van der Waals surface area contributed by atoms with Gasteiger partial charge in [0, 0.05) is 18.7 Å². The summed E-state index contributed by atoms with van der Waals surface area (Å²) in [6.45, 7) is 1.93. The van der Waals surface area contributed by atoms with Crippen LogP contribution in [0.25, 0.3) is 0 Å². The summed E-state index contributed by atoms with van der Waals surface area (Å²) in [4.78, 5) is 14.3. The number of nitrogens with one attached hydrogen (secondary N) is 1. The van der Waals surface area contributed by atoms with E-state index in [9.17, 15) is 4.79 Å². The van der Waals surface area contributed by atoms with Crippen LogP contribution in [0.1, 0.15) is 31.2 Å². The molecule has 5 heteroatoms. The van der Waals surface area contributed by atoms with Crippen LogP contribution < -0.4 is 15.8 Å². The van der Waals surface area contributed by atoms with Crippen molar-refractivity contribution in [3.63, 3.8) is 0 Å². The van der Waals surface area contributed by atoms with Gasteiger partial charge in [-0.25, -0.2) is 0 Å². The SMILES string of the molecule is CN(C)CCOc1ccccc1CNC(=O)C1(N)CCCC1. The summed E-state index contributed by atoms with van der Waals surface area (Å²) >= 11 is 0. The number of benzene rings is 1. The first-order valence-electron chi connectivity index (χ1n) is 7.94. The Hall–Kier alpha value is -1.59. The number of nitrogens with zero attached hydrogens (tertiary/aromatic N) is 1. The first kappa shape index (κ1) is 16.8. The van der Waals surface area contributed by atoms with Gasteiger partial charge in [0.05, 0.1) is 5.54 Å². The van der Waals surface area contributed by atoms with Crippen LogP contribution in [0.15, 0.2) is 24.3 Å². The highest BCUT2D eigenvalue weighted by Gasteiger charge is 2.36. The van der Waals surface area contributed by atoms with Crippen molar-refractivity contribution in [2.24, 2.45) is 5.73 Å². The van der Waals surface area contributed by atoms with Gasteiger partial charge >= 0.3 is 0 Å². The normalized spacial score (nSPS) is 16.7. The number of amides is 1. The van der Waals surface area contributed by atoms with Gasteiger partial charge in [0.2, 0.25) is 5.91 Å². The molecular weight excluding hydrogens is 278 g/mol. The third kappa shape index (κ3) is 4.45. The largest absolute Gasteiger partial charge is 0.492 e. The van der Waals surface area contributed by atoms with Crippen LogP contribution in [-0.2, 0) is 11.3 Å². The minimum Gasteiger partial charge on any atom is -0.492 e. The van der Waals surface area contributed by atoms with E-state index >= 15 is 0 Å². The van der Waals surface area contributed by atoms with Gasteiger partial charge in [0.25, 0.3) is 0 Å². The molecule has 3 N–H and O–H groups in total. The van der Waals surface area contributed by atoms with Gasteiger partial charge in [-0.3, -0.25) is 4.79 Å². The predicted molar refractivity (Wildman–Crippen MR) is 87.7 cm³/mol. The summed E-state index contributed by atoms with van der Waals surface area (Å²) in [6.07, 6.45) is 3.63. The van der Waals surface area contributed by atoms with Gasteiger partial charge < -0.3 is 20.7 Å². The number of rotatable bonds is 7. The van der Waals surface area contributed by atoms with Gasteiger partial charge in [-0.2, -0.15) is 0 Å². The lowest BCUT2D eigenvalue weighted by Crippen LogP contribution is -2.51. The standard InChI is InChI=1S/C17H27N3O2/c1-20(2)11-12-22-15-8-4-3-7-14(15)13-19-16(21)17(18)9-5-6-10-17/h3-4,7-8H,5-6,9-13,18H2,1-2H3,(H,19,21). The maximum Gasteiger partial charge on any atom is 0.240 e. The minimum atomic E-state index is -0.680.